The number of nitrogens with zero attached hydrogens (tertiary/aromatic N) is 3. The number of halogens is 1. The third kappa shape index (κ3) is 3.39. The summed E-state index contributed by atoms with van der Waals surface area (Å²) in [5.74, 6) is 0.463. The van der Waals surface area contributed by atoms with Crippen LogP contribution < -0.4 is 10.9 Å². The normalized spacial score (nSPS) is 15.6. The molecule has 130 valence electrons. The molecule has 1 aromatic carbocycles. The van der Waals surface area contributed by atoms with E-state index in [-0.39, 0.29) is 5.56 Å². The number of fused-ring (bicyclic) bond motifs is 1. The molecule has 0 unspecified atom stereocenters. The van der Waals surface area contributed by atoms with Gasteiger partial charge in [-0.2, -0.15) is 10.1 Å². The Bertz CT molecular complexity index is 925. The molecular formula is C18H20ClN5O. The van der Waals surface area contributed by atoms with Crippen molar-refractivity contribution in [3.63, 3.8) is 0 Å². The summed E-state index contributed by atoms with van der Waals surface area (Å²) >= 11 is 5.90. The number of aromatic nitrogens is 4. The van der Waals surface area contributed by atoms with E-state index < -0.39 is 0 Å². The average molecular weight is 358 g/mol. The van der Waals surface area contributed by atoms with E-state index >= 15 is 0 Å². The van der Waals surface area contributed by atoms with Gasteiger partial charge in [-0.3, -0.25) is 9.78 Å². The molecule has 1 saturated carbocycles. The van der Waals surface area contributed by atoms with Gasteiger partial charge in [-0.25, -0.2) is 4.68 Å². The van der Waals surface area contributed by atoms with Crippen molar-refractivity contribution in [1.82, 2.24) is 19.7 Å². The van der Waals surface area contributed by atoms with Crippen LogP contribution in [0.15, 0.2) is 35.3 Å². The van der Waals surface area contributed by atoms with Gasteiger partial charge < -0.3 is 5.32 Å². The molecule has 0 bridgehead atoms. The van der Waals surface area contributed by atoms with Gasteiger partial charge in [-0.05, 0) is 30.5 Å². The van der Waals surface area contributed by atoms with Crippen molar-refractivity contribution < 1.29 is 0 Å². The lowest BCUT2D eigenvalue weighted by Gasteiger charge is -2.22. The predicted molar refractivity (Wildman–Crippen MR) is 99.0 cm³/mol. The number of aromatic amines is 1. The molecule has 0 atom stereocenters. The maximum atomic E-state index is 12.3. The summed E-state index contributed by atoms with van der Waals surface area (Å²) in [6.07, 6.45) is 7.50. The van der Waals surface area contributed by atoms with Crippen LogP contribution in [0.2, 0.25) is 5.02 Å². The molecule has 1 fully saturated rings. The Morgan fingerprint density at radius 3 is 2.72 bits per heavy atom. The molecule has 0 saturated heterocycles. The molecule has 25 heavy (non-hydrogen) atoms. The van der Waals surface area contributed by atoms with E-state index in [0.29, 0.717) is 34.6 Å². The standard InChI is InChI=1S/C18H20ClN5O/c19-13-8-6-12(7-9-13)10-20-18-22-16-15(17(25)23-18)11-21-24(16)14-4-2-1-3-5-14/h6-9,11,14H,1-5,10H2,(H2,20,22,23,25). The topological polar surface area (TPSA) is 75.6 Å². The second-order valence-electron chi connectivity index (χ2n) is 6.51. The van der Waals surface area contributed by atoms with E-state index in [1.54, 1.807) is 6.20 Å². The van der Waals surface area contributed by atoms with Crippen molar-refractivity contribution in [1.29, 1.82) is 0 Å². The zero-order chi connectivity index (χ0) is 17.2. The summed E-state index contributed by atoms with van der Waals surface area (Å²) in [6.45, 7) is 0.559. The maximum Gasteiger partial charge on any atom is 0.263 e. The smallest absolute Gasteiger partial charge is 0.263 e. The largest absolute Gasteiger partial charge is 0.352 e. The van der Waals surface area contributed by atoms with Crippen LogP contribution in [0.4, 0.5) is 5.95 Å². The highest BCUT2D eigenvalue weighted by Gasteiger charge is 2.20. The van der Waals surface area contributed by atoms with Gasteiger partial charge in [0.1, 0.15) is 5.39 Å². The van der Waals surface area contributed by atoms with Crippen LogP contribution in [-0.2, 0) is 6.54 Å². The number of rotatable bonds is 4. The van der Waals surface area contributed by atoms with Crippen LogP contribution in [0, 0.1) is 0 Å². The van der Waals surface area contributed by atoms with Gasteiger partial charge in [0.25, 0.3) is 5.56 Å². The Kier molecular flexibility index (Phi) is 4.44. The fraction of sp³-hybridized carbons (Fsp3) is 0.389. The predicted octanol–water partition coefficient (Wildman–Crippen LogP) is 3.89. The zero-order valence-corrected chi connectivity index (χ0v) is 14.6. The number of benzene rings is 1. The summed E-state index contributed by atoms with van der Waals surface area (Å²) < 4.78 is 1.93. The third-order valence-corrected chi connectivity index (χ3v) is 5.01. The molecule has 2 N–H and O–H groups in total. The van der Waals surface area contributed by atoms with E-state index in [2.05, 4.69) is 20.4 Å². The molecule has 4 rings (SSSR count). The minimum Gasteiger partial charge on any atom is -0.352 e. The van der Waals surface area contributed by atoms with Gasteiger partial charge in [-0.1, -0.05) is 43.0 Å². The third-order valence-electron chi connectivity index (χ3n) is 4.76. The number of nitrogens with one attached hydrogen (secondary N) is 2. The van der Waals surface area contributed by atoms with Gasteiger partial charge >= 0.3 is 0 Å². The first-order chi connectivity index (χ1) is 12.2. The number of hydrogen-bond donors (Lipinski definition) is 2. The molecule has 1 aliphatic carbocycles. The molecule has 2 heterocycles. The highest BCUT2D eigenvalue weighted by Crippen LogP contribution is 2.29. The summed E-state index contributed by atoms with van der Waals surface area (Å²) in [5.41, 5.74) is 1.56. The number of hydrogen-bond acceptors (Lipinski definition) is 4. The summed E-state index contributed by atoms with van der Waals surface area (Å²) in [7, 11) is 0. The molecule has 0 radical (unpaired) electrons. The Hall–Kier alpha value is -2.34. The molecule has 0 spiro atoms. The first-order valence-corrected chi connectivity index (χ1v) is 9.04. The lowest BCUT2D eigenvalue weighted by atomic mass is 9.96. The molecule has 1 aliphatic rings. The van der Waals surface area contributed by atoms with Gasteiger partial charge in [0.05, 0.1) is 12.2 Å². The van der Waals surface area contributed by atoms with E-state index in [0.717, 1.165) is 18.4 Å². The van der Waals surface area contributed by atoms with Crippen LogP contribution in [0.25, 0.3) is 11.0 Å². The van der Waals surface area contributed by atoms with Crippen molar-refractivity contribution in [2.45, 2.75) is 44.7 Å². The van der Waals surface area contributed by atoms with Gasteiger partial charge in [-0.15, -0.1) is 0 Å². The van der Waals surface area contributed by atoms with E-state index in [4.69, 9.17) is 11.6 Å². The Balaban J connectivity index is 1.61. The van der Waals surface area contributed by atoms with Crippen molar-refractivity contribution >= 4 is 28.6 Å². The highest BCUT2D eigenvalue weighted by molar-refractivity contribution is 6.30. The van der Waals surface area contributed by atoms with Crippen molar-refractivity contribution in [3.05, 3.63) is 51.4 Å². The van der Waals surface area contributed by atoms with Crippen LogP contribution in [0.5, 0.6) is 0 Å². The van der Waals surface area contributed by atoms with Crippen LogP contribution in [0.1, 0.15) is 43.7 Å². The van der Waals surface area contributed by atoms with Crippen LogP contribution in [0.3, 0.4) is 0 Å². The summed E-state index contributed by atoms with van der Waals surface area (Å²) in [5, 5.41) is 8.87. The van der Waals surface area contributed by atoms with Crippen molar-refractivity contribution in [3.8, 4) is 0 Å². The average Bonchev–Trinajstić information content (AvgIpc) is 3.06. The molecular weight excluding hydrogens is 338 g/mol. The minimum atomic E-state index is -0.161. The Morgan fingerprint density at radius 2 is 1.96 bits per heavy atom. The van der Waals surface area contributed by atoms with E-state index in [9.17, 15) is 4.79 Å². The van der Waals surface area contributed by atoms with Crippen LogP contribution in [-0.4, -0.2) is 19.7 Å². The molecule has 0 aliphatic heterocycles. The fourth-order valence-corrected chi connectivity index (χ4v) is 3.53. The minimum absolute atomic E-state index is 0.161. The highest BCUT2D eigenvalue weighted by atomic mass is 35.5. The molecule has 3 aromatic rings. The maximum absolute atomic E-state index is 12.3. The van der Waals surface area contributed by atoms with Gasteiger partial charge in [0.2, 0.25) is 5.95 Å². The lowest BCUT2D eigenvalue weighted by Crippen LogP contribution is -2.17. The second-order valence-corrected chi connectivity index (χ2v) is 6.95. The fourth-order valence-electron chi connectivity index (χ4n) is 3.40. The van der Waals surface area contributed by atoms with Gasteiger partial charge in [0.15, 0.2) is 5.65 Å². The van der Waals surface area contributed by atoms with E-state index in [1.807, 2.05) is 28.9 Å². The molecule has 2 aromatic heterocycles. The monoisotopic (exact) mass is 357 g/mol. The Labute approximate surface area is 150 Å². The molecule has 6 nitrogen and oxygen atoms in total. The second kappa shape index (κ2) is 6.88. The summed E-state index contributed by atoms with van der Waals surface area (Å²) in [6, 6.07) is 7.91. The van der Waals surface area contributed by atoms with E-state index in [1.165, 1.54) is 19.3 Å². The summed E-state index contributed by atoms with van der Waals surface area (Å²) in [4.78, 5) is 19.7. The van der Waals surface area contributed by atoms with Crippen molar-refractivity contribution in [2.75, 3.05) is 5.32 Å². The van der Waals surface area contributed by atoms with Gasteiger partial charge in [0, 0.05) is 11.6 Å². The van der Waals surface area contributed by atoms with Crippen LogP contribution >= 0.6 is 11.6 Å². The number of anilines is 1. The first kappa shape index (κ1) is 16.1. The first-order valence-electron chi connectivity index (χ1n) is 8.66. The lowest BCUT2D eigenvalue weighted by molar-refractivity contribution is 0.336. The quantitative estimate of drug-likeness (QED) is 0.742. The molecule has 7 heteroatoms. The van der Waals surface area contributed by atoms with Crippen molar-refractivity contribution in [2.24, 2.45) is 0 Å². The number of H-pyrrole nitrogens is 1. The SMILES string of the molecule is O=c1[nH]c(NCc2ccc(Cl)cc2)nc2c1cnn2C1CCCCC1. The Morgan fingerprint density at radius 1 is 1.20 bits per heavy atom. The zero-order valence-electron chi connectivity index (χ0n) is 13.8. The molecule has 0 amide bonds.